The summed E-state index contributed by atoms with van der Waals surface area (Å²) in [5.41, 5.74) is 0. The van der Waals surface area contributed by atoms with Gasteiger partial charge < -0.3 is 19.5 Å². The van der Waals surface area contributed by atoms with Gasteiger partial charge >= 0.3 is 0 Å². The zero-order valence-electron chi connectivity index (χ0n) is 12.6. The van der Waals surface area contributed by atoms with Gasteiger partial charge in [-0.3, -0.25) is 4.79 Å². The van der Waals surface area contributed by atoms with Crippen LogP contribution < -0.4 is 0 Å². The van der Waals surface area contributed by atoms with Crippen LogP contribution in [0.1, 0.15) is 43.1 Å². The molecule has 0 bridgehead atoms. The predicted molar refractivity (Wildman–Crippen MR) is 83.6 cm³/mol. The Morgan fingerprint density at radius 2 is 2.23 bits per heavy atom. The third kappa shape index (κ3) is 3.87. The van der Waals surface area contributed by atoms with Crippen molar-refractivity contribution >= 4 is 17.2 Å². The van der Waals surface area contributed by atoms with Crippen LogP contribution >= 0.6 is 11.3 Å². The first-order valence-corrected chi connectivity index (χ1v) is 8.86. The molecule has 2 aliphatic rings. The average Bonchev–Trinajstić information content (AvgIpc) is 3.19. The molecule has 0 aromatic carbocycles. The molecule has 0 spiro atoms. The maximum atomic E-state index is 12.5. The minimum atomic E-state index is -0.486. The number of nitrogens with zero attached hydrogens (tertiary/aromatic N) is 1. The number of amides is 1. The molecule has 2 atom stereocenters. The molecule has 3 rings (SSSR count). The van der Waals surface area contributed by atoms with Crippen LogP contribution in [-0.2, 0) is 14.3 Å². The van der Waals surface area contributed by atoms with Crippen LogP contribution in [0.3, 0.4) is 0 Å². The van der Waals surface area contributed by atoms with Crippen molar-refractivity contribution in [3.05, 3.63) is 22.4 Å². The number of carbonyl (C=O) groups is 1. The molecule has 3 heterocycles. The van der Waals surface area contributed by atoms with Gasteiger partial charge in [-0.25, -0.2) is 0 Å². The lowest BCUT2D eigenvalue weighted by molar-refractivity contribution is -0.187. The van der Waals surface area contributed by atoms with Crippen LogP contribution in [0, 0.1) is 0 Å². The monoisotopic (exact) mass is 325 g/mol. The second kappa shape index (κ2) is 7.55. The van der Waals surface area contributed by atoms with Gasteiger partial charge in [-0.05, 0) is 37.1 Å². The van der Waals surface area contributed by atoms with Gasteiger partial charge in [-0.2, -0.15) is 0 Å². The highest BCUT2D eigenvalue weighted by Gasteiger charge is 2.32. The summed E-state index contributed by atoms with van der Waals surface area (Å²) in [5.74, 6) is 0.0766. The molecule has 0 radical (unpaired) electrons. The maximum Gasteiger partial charge on any atom is 0.227 e. The van der Waals surface area contributed by atoms with E-state index < -0.39 is 12.4 Å². The van der Waals surface area contributed by atoms with Crippen LogP contribution in [0.25, 0.3) is 0 Å². The third-order valence-corrected chi connectivity index (χ3v) is 5.28. The zero-order valence-corrected chi connectivity index (χ0v) is 13.5. The molecule has 1 N–H and O–H groups in total. The number of thiophene rings is 1. The third-order valence-electron chi connectivity index (χ3n) is 4.30. The first-order valence-electron chi connectivity index (χ1n) is 7.98. The molecule has 1 amide bonds. The Morgan fingerprint density at radius 3 is 2.95 bits per heavy atom. The van der Waals surface area contributed by atoms with Crippen molar-refractivity contribution in [2.45, 2.75) is 50.5 Å². The second-order valence-corrected chi connectivity index (χ2v) is 6.86. The van der Waals surface area contributed by atoms with E-state index >= 15 is 0 Å². The van der Waals surface area contributed by atoms with Gasteiger partial charge in [-0.15, -0.1) is 11.3 Å². The Balaban J connectivity index is 1.54. The normalized spacial score (nSPS) is 24.6. The zero-order chi connectivity index (χ0) is 15.4. The number of aliphatic hydroxyl groups excluding tert-OH is 1. The van der Waals surface area contributed by atoms with Crippen molar-refractivity contribution in [1.82, 2.24) is 4.90 Å². The Hall–Kier alpha value is -0.950. The van der Waals surface area contributed by atoms with Crippen LogP contribution in [0.5, 0.6) is 0 Å². The van der Waals surface area contributed by atoms with E-state index in [9.17, 15) is 9.90 Å². The van der Waals surface area contributed by atoms with Crippen molar-refractivity contribution in [3.63, 3.8) is 0 Å². The summed E-state index contributed by atoms with van der Waals surface area (Å²) in [6.45, 7) is 2.10. The van der Waals surface area contributed by atoms with E-state index in [1.807, 2.05) is 22.4 Å². The minimum absolute atomic E-state index is 0.0766. The van der Waals surface area contributed by atoms with Crippen LogP contribution in [0.15, 0.2) is 17.5 Å². The molecule has 2 aliphatic heterocycles. The van der Waals surface area contributed by atoms with Gasteiger partial charge in [0, 0.05) is 17.5 Å². The maximum absolute atomic E-state index is 12.5. The van der Waals surface area contributed by atoms with E-state index in [1.54, 1.807) is 11.3 Å². The highest BCUT2D eigenvalue weighted by molar-refractivity contribution is 7.10. The largest absolute Gasteiger partial charge is 0.387 e. The number of aliphatic hydroxyl groups is 1. The quantitative estimate of drug-likeness (QED) is 0.902. The van der Waals surface area contributed by atoms with Gasteiger partial charge in [0.25, 0.3) is 0 Å². The molecule has 1 aromatic rings. The van der Waals surface area contributed by atoms with Gasteiger partial charge in [0.05, 0.1) is 25.7 Å². The Morgan fingerprint density at radius 1 is 1.41 bits per heavy atom. The standard InChI is InChI=1S/C16H23NO4S/c18-13(14-5-2-9-22-14)10-12-4-1-6-17(12)15(19)11-16-20-7-3-8-21-16/h2,5,9,12-13,16,18H,1,3-4,6-8,10-11H2/t12-,13-/m0/s1. The van der Waals surface area contributed by atoms with Crippen molar-refractivity contribution < 1.29 is 19.4 Å². The molecule has 2 saturated heterocycles. The van der Waals surface area contributed by atoms with E-state index in [0.29, 0.717) is 19.6 Å². The molecule has 122 valence electrons. The summed E-state index contributed by atoms with van der Waals surface area (Å²) >= 11 is 1.56. The molecule has 5 nitrogen and oxygen atoms in total. The summed E-state index contributed by atoms with van der Waals surface area (Å²) in [6.07, 6.45) is 2.86. The van der Waals surface area contributed by atoms with Crippen LogP contribution in [0.4, 0.5) is 0 Å². The topological polar surface area (TPSA) is 59.0 Å². The summed E-state index contributed by atoms with van der Waals surface area (Å²) in [4.78, 5) is 15.4. The lowest BCUT2D eigenvalue weighted by Gasteiger charge is -2.29. The molecule has 0 aliphatic carbocycles. The first kappa shape index (κ1) is 15.9. The summed E-state index contributed by atoms with van der Waals surface area (Å²) in [5, 5.41) is 12.3. The highest BCUT2D eigenvalue weighted by Crippen LogP contribution is 2.30. The van der Waals surface area contributed by atoms with E-state index in [0.717, 1.165) is 30.7 Å². The highest BCUT2D eigenvalue weighted by atomic mass is 32.1. The predicted octanol–water partition coefficient (Wildman–Crippen LogP) is 2.32. The van der Waals surface area contributed by atoms with Gasteiger partial charge in [0.1, 0.15) is 0 Å². The summed E-state index contributed by atoms with van der Waals surface area (Å²) in [6, 6.07) is 4.01. The fourth-order valence-corrected chi connectivity index (χ4v) is 3.90. The number of likely N-dealkylation sites (tertiary alicyclic amines) is 1. The van der Waals surface area contributed by atoms with Gasteiger partial charge in [-0.1, -0.05) is 6.07 Å². The minimum Gasteiger partial charge on any atom is -0.387 e. The van der Waals surface area contributed by atoms with E-state index in [1.165, 1.54) is 0 Å². The molecule has 1 aromatic heterocycles. The van der Waals surface area contributed by atoms with Crippen LogP contribution in [0.2, 0.25) is 0 Å². The smallest absolute Gasteiger partial charge is 0.227 e. The van der Waals surface area contributed by atoms with Crippen molar-refractivity contribution in [2.75, 3.05) is 19.8 Å². The van der Waals surface area contributed by atoms with Crippen molar-refractivity contribution in [3.8, 4) is 0 Å². The number of carbonyl (C=O) groups excluding carboxylic acids is 1. The summed E-state index contributed by atoms with van der Waals surface area (Å²) < 4.78 is 10.9. The average molecular weight is 325 g/mol. The van der Waals surface area contributed by atoms with Crippen molar-refractivity contribution in [2.24, 2.45) is 0 Å². The lowest BCUT2D eigenvalue weighted by Crippen LogP contribution is -2.39. The van der Waals surface area contributed by atoms with Gasteiger partial charge in [0.2, 0.25) is 5.91 Å². The molecule has 6 heteroatoms. The van der Waals surface area contributed by atoms with Crippen LogP contribution in [-0.4, -0.2) is 48.0 Å². The number of rotatable bonds is 5. The molecule has 0 saturated carbocycles. The van der Waals surface area contributed by atoms with Crippen molar-refractivity contribution in [1.29, 1.82) is 0 Å². The Labute approximate surface area is 134 Å². The second-order valence-electron chi connectivity index (χ2n) is 5.88. The lowest BCUT2D eigenvalue weighted by atomic mass is 10.1. The Kier molecular flexibility index (Phi) is 5.46. The number of ether oxygens (including phenoxy) is 2. The fourth-order valence-electron chi connectivity index (χ4n) is 3.18. The molecular weight excluding hydrogens is 302 g/mol. The first-order chi connectivity index (χ1) is 10.7. The summed E-state index contributed by atoms with van der Waals surface area (Å²) in [7, 11) is 0. The van der Waals surface area contributed by atoms with Gasteiger partial charge in [0.15, 0.2) is 6.29 Å². The fraction of sp³-hybridized carbons (Fsp3) is 0.688. The van der Waals surface area contributed by atoms with E-state index in [2.05, 4.69) is 0 Å². The van der Waals surface area contributed by atoms with E-state index in [4.69, 9.17) is 9.47 Å². The molecular formula is C16H23NO4S. The molecule has 2 fully saturated rings. The molecule has 22 heavy (non-hydrogen) atoms. The Bertz CT molecular complexity index is 473. The van der Waals surface area contributed by atoms with E-state index in [-0.39, 0.29) is 18.4 Å². The number of hydrogen-bond acceptors (Lipinski definition) is 5. The molecule has 0 unspecified atom stereocenters. The SMILES string of the molecule is O=C(CC1OCCCO1)N1CCC[C@H]1C[C@H](O)c1cccs1. The number of hydrogen-bond donors (Lipinski definition) is 1.